The Labute approximate surface area is 165 Å². The quantitative estimate of drug-likeness (QED) is 0.617. The number of rotatable bonds is 4. The van der Waals surface area contributed by atoms with Crippen LogP contribution in [0.15, 0.2) is 46.9 Å². The molecule has 0 saturated heterocycles. The maximum Gasteiger partial charge on any atom is 0.426 e. The molecular weight excluding hydrogens is 453 g/mol. The van der Waals surface area contributed by atoms with Crippen molar-refractivity contribution in [1.29, 1.82) is 0 Å². The van der Waals surface area contributed by atoms with Crippen LogP contribution in [0.4, 0.5) is 24.5 Å². The molecule has 1 unspecified atom stereocenters. The summed E-state index contributed by atoms with van der Waals surface area (Å²) in [6.45, 7) is 0.329. The highest BCUT2D eigenvalue weighted by atomic mass is 79.9. The van der Waals surface area contributed by atoms with E-state index in [-0.39, 0.29) is 16.3 Å². The zero-order valence-electron chi connectivity index (χ0n) is 13.7. The normalized spacial score (nSPS) is 13.6. The highest BCUT2D eigenvalue weighted by Crippen LogP contribution is 2.32. The van der Waals surface area contributed by atoms with Crippen molar-refractivity contribution in [2.45, 2.75) is 18.7 Å². The van der Waals surface area contributed by atoms with Crippen LogP contribution in [0, 0.1) is 0 Å². The number of halogens is 5. The van der Waals surface area contributed by atoms with Crippen molar-refractivity contribution in [2.24, 2.45) is 0 Å². The summed E-state index contributed by atoms with van der Waals surface area (Å²) in [6.07, 6.45) is -5.16. The Kier molecular flexibility index (Phi) is 6.18. The maximum absolute atomic E-state index is 12.7. The molecular formula is C17H13BrClF3N2O3. The average Bonchev–Trinajstić information content (AvgIpc) is 2.57. The molecule has 3 N–H and O–H groups in total. The van der Waals surface area contributed by atoms with Gasteiger partial charge in [-0.25, -0.2) is 0 Å². The van der Waals surface area contributed by atoms with Gasteiger partial charge >= 0.3 is 6.18 Å². The van der Waals surface area contributed by atoms with E-state index in [9.17, 15) is 27.9 Å². The van der Waals surface area contributed by atoms with Crippen LogP contribution in [0.3, 0.4) is 0 Å². The molecule has 2 aromatic carbocycles. The lowest BCUT2D eigenvalue weighted by molar-refractivity contribution is -0.242. The van der Waals surface area contributed by atoms with E-state index in [1.165, 1.54) is 18.2 Å². The molecule has 0 bridgehead atoms. The van der Waals surface area contributed by atoms with Crippen LogP contribution in [0.2, 0.25) is 5.02 Å². The summed E-state index contributed by atoms with van der Waals surface area (Å²) in [7, 11) is 0. The van der Waals surface area contributed by atoms with Crippen LogP contribution in [-0.2, 0) is 4.79 Å². The summed E-state index contributed by atoms with van der Waals surface area (Å²) >= 11 is 9.23. The zero-order valence-corrected chi connectivity index (χ0v) is 16.0. The highest BCUT2D eigenvalue weighted by molar-refractivity contribution is 9.10. The average molecular weight is 466 g/mol. The third kappa shape index (κ3) is 4.79. The number of para-hydroxylation sites is 1. The fourth-order valence-electron chi connectivity index (χ4n) is 1.89. The van der Waals surface area contributed by atoms with Crippen molar-refractivity contribution in [3.05, 3.63) is 57.5 Å². The fourth-order valence-corrected chi connectivity index (χ4v) is 2.50. The van der Waals surface area contributed by atoms with Crippen LogP contribution < -0.4 is 10.6 Å². The number of nitrogens with one attached hydrogen (secondary N) is 2. The van der Waals surface area contributed by atoms with Crippen LogP contribution in [0.25, 0.3) is 0 Å². The predicted molar refractivity (Wildman–Crippen MR) is 98.9 cm³/mol. The molecule has 0 aliphatic carbocycles. The Morgan fingerprint density at radius 2 is 1.70 bits per heavy atom. The van der Waals surface area contributed by atoms with E-state index in [0.717, 1.165) is 0 Å². The summed E-state index contributed by atoms with van der Waals surface area (Å²) < 4.78 is 38.7. The minimum atomic E-state index is -5.16. The van der Waals surface area contributed by atoms with Gasteiger partial charge in [-0.1, -0.05) is 23.7 Å². The zero-order chi connectivity index (χ0) is 20.4. The van der Waals surface area contributed by atoms with Gasteiger partial charge in [0.05, 0.1) is 16.4 Å². The molecule has 0 fully saturated rings. The number of aliphatic hydroxyl groups is 1. The Balaban J connectivity index is 2.17. The summed E-state index contributed by atoms with van der Waals surface area (Å²) in [5.74, 6) is -2.20. The van der Waals surface area contributed by atoms with Gasteiger partial charge in [0.2, 0.25) is 5.60 Å². The number of hydrogen-bond donors (Lipinski definition) is 3. The van der Waals surface area contributed by atoms with Gasteiger partial charge in [0.1, 0.15) is 0 Å². The van der Waals surface area contributed by atoms with Crippen LogP contribution >= 0.6 is 27.5 Å². The minimum Gasteiger partial charge on any atom is -0.373 e. The van der Waals surface area contributed by atoms with Crippen LogP contribution in [0.5, 0.6) is 0 Å². The summed E-state index contributed by atoms with van der Waals surface area (Å²) in [5.41, 5.74) is -3.14. The van der Waals surface area contributed by atoms with Gasteiger partial charge in [-0.05, 0) is 53.2 Å². The summed E-state index contributed by atoms with van der Waals surface area (Å²) in [4.78, 5) is 24.0. The van der Waals surface area contributed by atoms with Gasteiger partial charge in [-0.2, -0.15) is 13.2 Å². The first kappa shape index (κ1) is 21.2. The van der Waals surface area contributed by atoms with Gasteiger partial charge in [0.15, 0.2) is 0 Å². The first-order valence-corrected chi connectivity index (χ1v) is 8.56. The number of amides is 2. The molecule has 0 saturated carbocycles. The van der Waals surface area contributed by atoms with Crippen molar-refractivity contribution in [2.75, 3.05) is 10.6 Å². The van der Waals surface area contributed by atoms with Gasteiger partial charge in [-0.3, -0.25) is 9.59 Å². The van der Waals surface area contributed by atoms with Gasteiger partial charge in [0, 0.05) is 10.0 Å². The van der Waals surface area contributed by atoms with Gasteiger partial charge in [0.25, 0.3) is 11.8 Å². The van der Waals surface area contributed by atoms with Crippen molar-refractivity contribution < 1.29 is 27.9 Å². The van der Waals surface area contributed by atoms with Crippen molar-refractivity contribution >= 4 is 50.7 Å². The fraction of sp³-hybridized carbons (Fsp3) is 0.176. The van der Waals surface area contributed by atoms with E-state index in [1.807, 2.05) is 5.32 Å². The Morgan fingerprint density at radius 3 is 2.26 bits per heavy atom. The molecule has 0 aromatic heterocycles. The minimum absolute atomic E-state index is 0.122. The highest BCUT2D eigenvalue weighted by Gasteiger charge is 2.55. The van der Waals surface area contributed by atoms with Gasteiger partial charge < -0.3 is 15.7 Å². The number of carbonyl (C=O) groups is 2. The van der Waals surface area contributed by atoms with E-state index in [2.05, 4.69) is 21.2 Å². The summed E-state index contributed by atoms with van der Waals surface area (Å²) in [6, 6.07) is 10.5. The molecule has 2 amide bonds. The lowest BCUT2D eigenvalue weighted by Crippen LogP contribution is -2.52. The number of benzene rings is 2. The molecule has 2 aromatic rings. The third-order valence-electron chi connectivity index (χ3n) is 3.60. The molecule has 27 heavy (non-hydrogen) atoms. The van der Waals surface area contributed by atoms with Crippen LogP contribution in [-0.4, -0.2) is 28.7 Å². The van der Waals surface area contributed by atoms with Gasteiger partial charge in [-0.15, -0.1) is 0 Å². The molecule has 0 radical (unpaired) electrons. The van der Waals surface area contributed by atoms with E-state index < -0.39 is 23.6 Å². The van der Waals surface area contributed by atoms with E-state index in [0.29, 0.717) is 17.1 Å². The Bertz CT molecular complexity index is 888. The Hall–Kier alpha value is -2.10. The van der Waals surface area contributed by atoms with E-state index in [1.54, 1.807) is 24.3 Å². The summed E-state index contributed by atoms with van der Waals surface area (Å²) in [5, 5.41) is 13.7. The molecule has 144 valence electrons. The molecule has 5 nitrogen and oxygen atoms in total. The second-order valence-corrected chi connectivity index (χ2v) is 6.91. The number of hydrogen-bond acceptors (Lipinski definition) is 3. The molecule has 10 heteroatoms. The van der Waals surface area contributed by atoms with Crippen molar-refractivity contribution in [3.63, 3.8) is 0 Å². The second kappa shape index (κ2) is 7.87. The number of carbonyl (C=O) groups excluding carboxylic acids is 2. The number of anilines is 2. The van der Waals surface area contributed by atoms with E-state index in [4.69, 9.17) is 11.6 Å². The van der Waals surface area contributed by atoms with Crippen molar-refractivity contribution in [3.8, 4) is 0 Å². The Morgan fingerprint density at radius 1 is 1.07 bits per heavy atom. The maximum atomic E-state index is 12.7. The third-order valence-corrected chi connectivity index (χ3v) is 4.60. The lowest BCUT2D eigenvalue weighted by atomic mass is 10.1. The molecule has 0 spiro atoms. The van der Waals surface area contributed by atoms with Crippen LogP contribution in [0.1, 0.15) is 17.3 Å². The molecule has 0 heterocycles. The largest absolute Gasteiger partial charge is 0.426 e. The number of alkyl halides is 3. The van der Waals surface area contributed by atoms with Crippen molar-refractivity contribution in [1.82, 2.24) is 0 Å². The smallest absolute Gasteiger partial charge is 0.373 e. The standard InChI is InChI=1S/C17H13BrClF3N2O3/c1-16(27,17(20,21)22)15(26)24-13-7-6-9(8-11(13)19)14(25)23-12-5-3-2-4-10(12)18/h2-8,27H,1H3,(H,23,25)(H,24,26). The molecule has 2 rings (SSSR count). The molecule has 0 aliphatic rings. The predicted octanol–water partition coefficient (Wildman–Crippen LogP) is 4.61. The molecule has 1 atom stereocenters. The first-order valence-electron chi connectivity index (χ1n) is 7.39. The monoisotopic (exact) mass is 464 g/mol. The lowest BCUT2D eigenvalue weighted by Gasteiger charge is -2.25. The second-order valence-electron chi connectivity index (χ2n) is 5.65. The topological polar surface area (TPSA) is 78.4 Å². The first-order chi connectivity index (χ1) is 12.4. The molecule has 0 aliphatic heterocycles. The SMILES string of the molecule is CC(O)(C(=O)Nc1ccc(C(=O)Nc2ccccc2Br)cc1Cl)C(F)(F)F. The van der Waals surface area contributed by atoms with E-state index >= 15 is 0 Å².